The van der Waals surface area contributed by atoms with E-state index < -0.39 is 5.92 Å². The van der Waals surface area contributed by atoms with E-state index in [1.165, 1.54) is 11.3 Å². The van der Waals surface area contributed by atoms with Gasteiger partial charge in [-0.2, -0.15) is 0 Å². The van der Waals surface area contributed by atoms with E-state index in [2.05, 4.69) is 29.4 Å². The van der Waals surface area contributed by atoms with Crippen LogP contribution in [-0.4, -0.2) is 40.9 Å². The van der Waals surface area contributed by atoms with Gasteiger partial charge in [0.1, 0.15) is 5.75 Å². The number of benzene rings is 1. The minimum absolute atomic E-state index is 0.0927. The number of ether oxygens (including phenoxy) is 1. The van der Waals surface area contributed by atoms with E-state index >= 15 is 0 Å². The van der Waals surface area contributed by atoms with Gasteiger partial charge in [-0.3, -0.25) is 9.59 Å². The second kappa shape index (κ2) is 8.71. The Labute approximate surface area is 166 Å². The summed E-state index contributed by atoms with van der Waals surface area (Å²) in [5.41, 5.74) is 0.684. The second-order valence-corrected chi connectivity index (χ2v) is 8.94. The number of rotatable bonds is 7. The van der Waals surface area contributed by atoms with Crippen LogP contribution in [0.25, 0.3) is 0 Å². The Balaban J connectivity index is 1.64. The molecule has 0 saturated carbocycles. The van der Waals surface area contributed by atoms with Crippen molar-refractivity contribution >= 4 is 45.7 Å². The fourth-order valence-corrected chi connectivity index (χ4v) is 4.74. The van der Waals surface area contributed by atoms with Gasteiger partial charge in [0.25, 0.3) is 0 Å². The number of nitrogens with one attached hydrogen (secondary N) is 1. The highest BCUT2D eigenvalue weighted by atomic mass is 32.2. The number of thioether (sulfide) groups is 1. The van der Waals surface area contributed by atoms with Crippen LogP contribution in [0.4, 0.5) is 10.8 Å². The summed E-state index contributed by atoms with van der Waals surface area (Å²) in [6, 6.07) is 7.31. The molecule has 2 amide bonds. The zero-order chi connectivity index (χ0) is 19.4. The molecule has 27 heavy (non-hydrogen) atoms. The van der Waals surface area contributed by atoms with E-state index in [9.17, 15) is 9.59 Å². The Morgan fingerprint density at radius 2 is 2.22 bits per heavy atom. The summed E-state index contributed by atoms with van der Waals surface area (Å²) >= 11 is 3.00. The second-order valence-electron chi connectivity index (χ2n) is 6.28. The molecule has 1 aliphatic rings. The minimum Gasteiger partial charge on any atom is -0.495 e. The van der Waals surface area contributed by atoms with E-state index in [1.54, 1.807) is 29.8 Å². The number of carbonyl (C=O) groups is 2. The number of aromatic nitrogens is 2. The molecule has 0 aliphatic carbocycles. The van der Waals surface area contributed by atoms with E-state index in [4.69, 9.17) is 4.74 Å². The summed E-state index contributed by atoms with van der Waals surface area (Å²) in [5, 5.41) is 11.9. The molecule has 144 valence electrons. The molecule has 2 heterocycles. The standard InChI is InChI=1S/C18H22N4O3S2/c1-4-11(2)26-18-21-20-17(27-18)19-16(24)12-9-15(23)22(10-12)13-7-5-6-8-14(13)25-3/h5-8,11-12H,4,9-10H2,1-3H3,(H,19,20,24)/t11-,12-/m0/s1. The predicted octanol–water partition coefficient (Wildman–Crippen LogP) is 3.43. The van der Waals surface area contributed by atoms with Crippen molar-refractivity contribution in [3.63, 3.8) is 0 Å². The Morgan fingerprint density at radius 1 is 1.44 bits per heavy atom. The maximum absolute atomic E-state index is 12.6. The summed E-state index contributed by atoms with van der Waals surface area (Å²) < 4.78 is 6.16. The minimum atomic E-state index is -0.433. The van der Waals surface area contributed by atoms with E-state index in [0.717, 1.165) is 10.8 Å². The largest absolute Gasteiger partial charge is 0.495 e. The molecule has 1 aromatic heterocycles. The van der Waals surface area contributed by atoms with Crippen LogP contribution >= 0.6 is 23.1 Å². The maximum Gasteiger partial charge on any atom is 0.231 e. The van der Waals surface area contributed by atoms with Crippen molar-refractivity contribution < 1.29 is 14.3 Å². The van der Waals surface area contributed by atoms with Crippen molar-refractivity contribution in [2.45, 2.75) is 36.3 Å². The van der Waals surface area contributed by atoms with Crippen molar-refractivity contribution in [1.82, 2.24) is 10.2 Å². The zero-order valence-corrected chi connectivity index (χ0v) is 17.1. The molecule has 1 fully saturated rings. The Kier molecular flexibility index (Phi) is 6.33. The summed E-state index contributed by atoms with van der Waals surface area (Å²) in [6.45, 7) is 4.56. The van der Waals surface area contributed by atoms with Crippen LogP contribution in [0, 0.1) is 5.92 Å². The van der Waals surface area contributed by atoms with Crippen LogP contribution in [0.1, 0.15) is 26.7 Å². The first-order valence-corrected chi connectivity index (χ1v) is 10.5. The van der Waals surface area contributed by atoms with E-state index in [0.29, 0.717) is 28.4 Å². The first-order valence-electron chi connectivity index (χ1n) is 8.76. The number of anilines is 2. The van der Waals surface area contributed by atoms with Gasteiger partial charge in [-0.15, -0.1) is 10.2 Å². The number of hydrogen-bond acceptors (Lipinski definition) is 7. The molecule has 7 nitrogen and oxygen atoms in total. The molecule has 2 atom stereocenters. The van der Waals surface area contributed by atoms with Crippen LogP contribution in [0.15, 0.2) is 28.6 Å². The molecule has 1 aliphatic heterocycles. The van der Waals surface area contributed by atoms with Gasteiger partial charge in [-0.05, 0) is 18.6 Å². The van der Waals surface area contributed by atoms with Crippen molar-refractivity contribution in [2.75, 3.05) is 23.9 Å². The average Bonchev–Trinajstić information content (AvgIpc) is 3.27. The fourth-order valence-electron chi connectivity index (χ4n) is 2.74. The van der Waals surface area contributed by atoms with Gasteiger partial charge in [0, 0.05) is 18.2 Å². The molecule has 0 bridgehead atoms. The summed E-state index contributed by atoms with van der Waals surface area (Å²) in [7, 11) is 1.56. The number of methoxy groups -OCH3 is 1. The monoisotopic (exact) mass is 406 g/mol. The lowest BCUT2D eigenvalue weighted by atomic mass is 10.1. The van der Waals surface area contributed by atoms with Gasteiger partial charge in [-0.25, -0.2) is 0 Å². The highest BCUT2D eigenvalue weighted by Crippen LogP contribution is 2.34. The van der Waals surface area contributed by atoms with Gasteiger partial charge in [0.05, 0.1) is 18.7 Å². The predicted molar refractivity (Wildman–Crippen MR) is 108 cm³/mol. The van der Waals surface area contributed by atoms with Gasteiger partial charge >= 0.3 is 0 Å². The summed E-state index contributed by atoms with van der Waals surface area (Å²) in [4.78, 5) is 26.6. The lowest BCUT2D eigenvalue weighted by Crippen LogP contribution is -2.28. The Morgan fingerprint density at radius 3 is 2.96 bits per heavy atom. The SMILES string of the molecule is CC[C@H](C)Sc1nnc(NC(=O)[C@H]2CC(=O)N(c3ccccc3OC)C2)s1. The lowest BCUT2D eigenvalue weighted by Gasteiger charge is -2.19. The van der Waals surface area contributed by atoms with Crippen LogP contribution in [0.2, 0.25) is 0 Å². The number of para-hydroxylation sites is 2. The molecular formula is C18H22N4O3S2. The lowest BCUT2D eigenvalue weighted by molar-refractivity contribution is -0.122. The number of nitrogens with zero attached hydrogens (tertiary/aromatic N) is 3. The van der Waals surface area contributed by atoms with E-state index in [-0.39, 0.29) is 18.2 Å². The van der Waals surface area contributed by atoms with Gasteiger partial charge in [0.2, 0.25) is 16.9 Å². The third-order valence-corrected chi connectivity index (χ3v) is 6.58. The number of carbonyl (C=O) groups excluding carboxylic acids is 2. The van der Waals surface area contributed by atoms with Crippen LogP contribution in [-0.2, 0) is 9.59 Å². The molecule has 0 unspecified atom stereocenters. The van der Waals surface area contributed by atoms with Crippen LogP contribution < -0.4 is 15.0 Å². The summed E-state index contributed by atoms with van der Waals surface area (Å²) in [5.74, 6) is -0.123. The molecule has 0 spiro atoms. The number of amides is 2. The average molecular weight is 407 g/mol. The fraction of sp³-hybridized carbons (Fsp3) is 0.444. The first kappa shape index (κ1) is 19.6. The molecule has 2 aromatic rings. The van der Waals surface area contributed by atoms with Gasteiger partial charge in [0.15, 0.2) is 4.34 Å². The molecule has 1 aromatic carbocycles. The number of hydrogen-bond donors (Lipinski definition) is 1. The smallest absolute Gasteiger partial charge is 0.231 e. The Hall–Kier alpha value is -2.13. The Bertz CT molecular complexity index is 826. The van der Waals surface area contributed by atoms with Gasteiger partial charge in [-0.1, -0.05) is 49.1 Å². The topological polar surface area (TPSA) is 84.4 Å². The first-order chi connectivity index (χ1) is 13.0. The summed E-state index contributed by atoms with van der Waals surface area (Å²) in [6.07, 6.45) is 1.20. The van der Waals surface area contributed by atoms with Crippen molar-refractivity contribution in [2.24, 2.45) is 5.92 Å². The van der Waals surface area contributed by atoms with Crippen molar-refractivity contribution in [1.29, 1.82) is 0 Å². The molecular weight excluding hydrogens is 384 g/mol. The maximum atomic E-state index is 12.6. The highest BCUT2D eigenvalue weighted by Gasteiger charge is 2.36. The van der Waals surface area contributed by atoms with Crippen molar-refractivity contribution in [3.05, 3.63) is 24.3 Å². The zero-order valence-electron chi connectivity index (χ0n) is 15.5. The molecule has 9 heteroatoms. The molecule has 0 radical (unpaired) electrons. The quantitative estimate of drug-likeness (QED) is 0.560. The molecule has 1 N–H and O–H groups in total. The normalized spacial score (nSPS) is 17.8. The van der Waals surface area contributed by atoms with Crippen LogP contribution in [0.3, 0.4) is 0 Å². The highest BCUT2D eigenvalue weighted by molar-refractivity contribution is 8.01. The van der Waals surface area contributed by atoms with E-state index in [1.807, 2.05) is 18.2 Å². The molecule has 1 saturated heterocycles. The third-order valence-electron chi connectivity index (χ3n) is 4.39. The van der Waals surface area contributed by atoms with Crippen molar-refractivity contribution in [3.8, 4) is 5.75 Å². The van der Waals surface area contributed by atoms with Crippen LogP contribution in [0.5, 0.6) is 5.75 Å². The van der Waals surface area contributed by atoms with Gasteiger partial charge < -0.3 is 15.0 Å². The molecule has 3 rings (SSSR count). The third kappa shape index (κ3) is 4.59.